The highest BCUT2D eigenvalue weighted by molar-refractivity contribution is 6.31. The summed E-state index contributed by atoms with van der Waals surface area (Å²) < 4.78 is 17.0. The number of furan rings is 1. The van der Waals surface area contributed by atoms with Gasteiger partial charge in [0, 0.05) is 17.5 Å². The molecule has 1 unspecified atom stereocenters. The Hall–Kier alpha value is -1.65. The first-order valence-electron chi connectivity index (χ1n) is 7.01. The Morgan fingerprint density at radius 3 is 2.52 bits per heavy atom. The van der Waals surface area contributed by atoms with Crippen molar-refractivity contribution in [3.63, 3.8) is 0 Å². The number of nitrogens with one attached hydrogen (secondary N) is 1. The lowest BCUT2D eigenvalue weighted by molar-refractivity contribution is 0.297. The average molecular weight is 308 g/mol. The van der Waals surface area contributed by atoms with E-state index < -0.39 is 0 Å². The minimum Gasteiger partial charge on any atom is -0.490 e. The number of benzene rings is 1. The Labute approximate surface area is 129 Å². The van der Waals surface area contributed by atoms with Crippen LogP contribution >= 0.6 is 11.6 Å². The molecular formula is C16H18ClNO3. The van der Waals surface area contributed by atoms with Gasteiger partial charge in [0.15, 0.2) is 11.5 Å². The first-order chi connectivity index (χ1) is 10.2. The van der Waals surface area contributed by atoms with Crippen LogP contribution in [0.3, 0.4) is 0 Å². The Morgan fingerprint density at radius 1 is 1.19 bits per heavy atom. The van der Waals surface area contributed by atoms with Gasteiger partial charge in [0.05, 0.1) is 25.5 Å². The molecule has 4 nitrogen and oxygen atoms in total. The fraction of sp³-hybridized carbons (Fsp3) is 0.375. The van der Waals surface area contributed by atoms with Gasteiger partial charge in [-0.1, -0.05) is 11.6 Å². The molecule has 0 spiro atoms. The minimum atomic E-state index is -0.121. The van der Waals surface area contributed by atoms with Crippen LogP contribution in [0.25, 0.3) is 0 Å². The van der Waals surface area contributed by atoms with Crippen molar-refractivity contribution in [1.82, 2.24) is 5.32 Å². The number of fused-ring (bicyclic) bond motifs is 1. The van der Waals surface area contributed by atoms with E-state index >= 15 is 0 Å². The minimum absolute atomic E-state index is 0.121. The Kier molecular flexibility index (Phi) is 4.08. The molecule has 21 heavy (non-hydrogen) atoms. The van der Waals surface area contributed by atoms with Gasteiger partial charge < -0.3 is 19.2 Å². The van der Waals surface area contributed by atoms with Crippen LogP contribution < -0.4 is 14.8 Å². The summed E-state index contributed by atoms with van der Waals surface area (Å²) in [5.41, 5.74) is 2.00. The molecule has 0 aliphatic carbocycles. The van der Waals surface area contributed by atoms with Crippen molar-refractivity contribution >= 4 is 11.6 Å². The van der Waals surface area contributed by atoms with Gasteiger partial charge in [-0.2, -0.15) is 0 Å². The molecule has 2 aromatic rings. The number of ether oxygens (including phenoxy) is 2. The zero-order valence-corrected chi connectivity index (χ0v) is 12.9. The lowest BCUT2D eigenvalue weighted by atomic mass is 10.0. The SMILES string of the molecule is CNC(c1cc2c(cc1Cl)OCCCO2)c1occc1C. The maximum absolute atomic E-state index is 6.44. The van der Waals surface area contributed by atoms with Gasteiger partial charge in [-0.05, 0) is 37.2 Å². The van der Waals surface area contributed by atoms with E-state index in [9.17, 15) is 0 Å². The molecule has 3 rings (SSSR count). The van der Waals surface area contributed by atoms with Crippen LogP contribution in [-0.2, 0) is 0 Å². The highest BCUT2D eigenvalue weighted by Crippen LogP contribution is 2.39. The zero-order chi connectivity index (χ0) is 14.8. The summed E-state index contributed by atoms with van der Waals surface area (Å²) in [5, 5.41) is 3.88. The number of aryl methyl sites for hydroxylation is 1. The van der Waals surface area contributed by atoms with Gasteiger partial charge in [0.25, 0.3) is 0 Å². The molecule has 1 aromatic carbocycles. The van der Waals surface area contributed by atoms with E-state index in [4.69, 9.17) is 25.5 Å². The summed E-state index contributed by atoms with van der Waals surface area (Å²) in [4.78, 5) is 0. The molecule has 0 radical (unpaired) electrons. The molecule has 0 fully saturated rings. The fourth-order valence-electron chi connectivity index (χ4n) is 2.53. The summed E-state index contributed by atoms with van der Waals surface area (Å²) in [6, 6.07) is 5.58. The van der Waals surface area contributed by atoms with Crippen LogP contribution in [0.1, 0.15) is 29.3 Å². The van der Waals surface area contributed by atoms with Crippen molar-refractivity contribution in [3.05, 3.63) is 46.4 Å². The molecule has 112 valence electrons. The molecule has 0 amide bonds. The largest absolute Gasteiger partial charge is 0.490 e. The first-order valence-corrected chi connectivity index (χ1v) is 7.39. The third-order valence-corrected chi connectivity index (χ3v) is 3.96. The molecule has 1 aliphatic rings. The fourth-order valence-corrected chi connectivity index (χ4v) is 2.79. The van der Waals surface area contributed by atoms with Crippen molar-refractivity contribution < 1.29 is 13.9 Å². The van der Waals surface area contributed by atoms with Crippen LogP contribution in [0, 0.1) is 6.92 Å². The van der Waals surface area contributed by atoms with E-state index in [2.05, 4.69) is 5.32 Å². The second-order valence-corrected chi connectivity index (χ2v) is 5.47. The van der Waals surface area contributed by atoms with Crippen molar-refractivity contribution in [1.29, 1.82) is 0 Å². The van der Waals surface area contributed by atoms with Crippen molar-refractivity contribution in [2.75, 3.05) is 20.3 Å². The average Bonchev–Trinajstić information content (AvgIpc) is 2.76. The van der Waals surface area contributed by atoms with Gasteiger partial charge in [0.2, 0.25) is 0 Å². The summed E-state index contributed by atoms with van der Waals surface area (Å²) in [5.74, 6) is 2.29. The summed E-state index contributed by atoms with van der Waals surface area (Å²) in [7, 11) is 1.88. The quantitative estimate of drug-likeness (QED) is 0.938. The zero-order valence-electron chi connectivity index (χ0n) is 12.1. The number of hydrogen-bond donors (Lipinski definition) is 1. The third kappa shape index (κ3) is 2.74. The molecule has 5 heteroatoms. The van der Waals surface area contributed by atoms with Gasteiger partial charge in [-0.25, -0.2) is 0 Å². The second-order valence-electron chi connectivity index (χ2n) is 5.06. The topological polar surface area (TPSA) is 43.6 Å². The second kappa shape index (κ2) is 6.00. The molecule has 0 saturated carbocycles. The maximum Gasteiger partial charge on any atom is 0.162 e. The monoisotopic (exact) mass is 307 g/mol. The Balaban J connectivity index is 2.04. The maximum atomic E-state index is 6.44. The van der Waals surface area contributed by atoms with E-state index in [1.165, 1.54) is 0 Å². The summed E-state index contributed by atoms with van der Waals surface area (Å²) >= 11 is 6.44. The van der Waals surface area contributed by atoms with E-state index in [0.29, 0.717) is 24.0 Å². The van der Waals surface area contributed by atoms with Gasteiger partial charge in [-0.15, -0.1) is 0 Å². The van der Waals surface area contributed by atoms with E-state index in [-0.39, 0.29) is 6.04 Å². The van der Waals surface area contributed by atoms with Crippen LogP contribution in [0.4, 0.5) is 0 Å². The Bertz CT molecular complexity index is 638. The molecule has 1 aliphatic heterocycles. The van der Waals surface area contributed by atoms with Crippen molar-refractivity contribution in [2.45, 2.75) is 19.4 Å². The van der Waals surface area contributed by atoms with E-state index in [1.54, 1.807) is 6.26 Å². The molecular weight excluding hydrogens is 290 g/mol. The van der Waals surface area contributed by atoms with Gasteiger partial charge in [0.1, 0.15) is 5.76 Å². The van der Waals surface area contributed by atoms with Crippen LogP contribution in [-0.4, -0.2) is 20.3 Å². The molecule has 0 saturated heterocycles. The molecule has 1 aromatic heterocycles. The van der Waals surface area contributed by atoms with Crippen molar-refractivity contribution in [3.8, 4) is 11.5 Å². The normalized spacial score (nSPS) is 15.6. The van der Waals surface area contributed by atoms with E-state index in [0.717, 1.165) is 29.1 Å². The number of rotatable bonds is 3. The molecule has 0 bridgehead atoms. The predicted octanol–water partition coefficient (Wildman–Crippen LogP) is 3.71. The van der Waals surface area contributed by atoms with Gasteiger partial charge in [-0.3, -0.25) is 0 Å². The standard InChI is InChI=1S/C16H18ClNO3/c1-10-4-7-21-16(10)15(18-2)11-8-13-14(9-12(11)17)20-6-3-5-19-13/h4,7-9,15,18H,3,5-6H2,1-2H3. The summed E-state index contributed by atoms with van der Waals surface area (Å²) in [6.45, 7) is 3.31. The number of hydrogen-bond acceptors (Lipinski definition) is 4. The summed E-state index contributed by atoms with van der Waals surface area (Å²) in [6.07, 6.45) is 2.56. The third-order valence-electron chi connectivity index (χ3n) is 3.63. The van der Waals surface area contributed by atoms with Crippen LogP contribution in [0.2, 0.25) is 5.02 Å². The lowest BCUT2D eigenvalue weighted by Crippen LogP contribution is -2.18. The molecule has 1 atom stereocenters. The molecule has 2 heterocycles. The highest BCUT2D eigenvalue weighted by atomic mass is 35.5. The van der Waals surface area contributed by atoms with Gasteiger partial charge >= 0.3 is 0 Å². The van der Waals surface area contributed by atoms with Crippen LogP contribution in [0.15, 0.2) is 28.9 Å². The lowest BCUT2D eigenvalue weighted by Gasteiger charge is -2.19. The predicted molar refractivity (Wildman–Crippen MR) is 81.4 cm³/mol. The van der Waals surface area contributed by atoms with Crippen LogP contribution in [0.5, 0.6) is 11.5 Å². The first kappa shape index (κ1) is 14.3. The smallest absolute Gasteiger partial charge is 0.162 e. The highest BCUT2D eigenvalue weighted by Gasteiger charge is 2.23. The van der Waals surface area contributed by atoms with E-state index in [1.807, 2.05) is 32.2 Å². The molecule has 1 N–H and O–H groups in total. The Morgan fingerprint density at radius 2 is 1.90 bits per heavy atom. The number of halogens is 1. The van der Waals surface area contributed by atoms with Crippen molar-refractivity contribution in [2.24, 2.45) is 0 Å².